The van der Waals surface area contributed by atoms with Crippen LogP contribution in [0.3, 0.4) is 0 Å². The largest absolute Gasteiger partial charge is 0.256 e. The molecule has 0 spiro atoms. The van der Waals surface area contributed by atoms with Gasteiger partial charge in [-0.25, -0.2) is 0 Å². The Morgan fingerprint density at radius 3 is 2.40 bits per heavy atom. The van der Waals surface area contributed by atoms with E-state index in [1.165, 1.54) is 27.3 Å². The molecule has 0 atom stereocenters. The standard InChI is InChI=1S/C19H13N/c1-2-6-14(7-3-1)16-9-4-10-18-17(16)12-11-15-8-5-13-20-19(15)18/h1-13H. The zero-order valence-electron chi connectivity index (χ0n) is 11.0. The SMILES string of the molecule is c1ccc(-c2cccc3c2ccc2cccnc23)cc1. The smallest absolute Gasteiger partial charge is 0.0780 e. The lowest BCUT2D eigenvalue weighted by Crippen LogP contribution is -1.84. The highest BCUT2D eigenvalue weighted by Gasteiger charge is 2.06. The zero-order chi connectivity index (χ0) is 13.4. The Morgan fingerprint density at radius 2 is 1.50 bits per heavy atom. The van der Waals surface area contributed by atoms with Gasteiger partial charge < -0.3 is 0 Å². The molecule has 1 heterocycles. The number of pyridine rings is 1. The van der Waals surface area contributed by atoms with Crippen LogP contribution in [0, 0.1) is 0 Å². The maximum atomic E-state index is 4.54. The molecule has 20 heavy (non-hydrogen) atoms. The van der Waals surface area contributed by atoms with Crippen LogP contribution in [0.5, 0.6) is 0 Å². The van der Waals surface area contributed by atoms with E-state index in [9.17, 15) is 0 Å². The summed E-state index contributed by atoms with van der Waals surface area (Å²) in [6.45, 7) is 0. The summed E-state index contributed by atoms with van der Waals surface area (Å²) in [5, 5.41) is 3.65. The van der Waals surface area contributed by atoms with Crippen molar-refractivity contribution in [2.75, 3.05) is 0 Å². The second-order valence-corrected chi connectivity index (χ2v) is 4.91. The first-order valence-electron chi connectivity index (χ1n) is 6.75. The second kappa shape index (κ2) is 4.46. The summed E-state index contributed by atoms with van der Waals surface area (Å²) in [5.41, 5.74) is 3.58. The summed E-state index contributed by atoms with van der Waals surface area (Å²) >= 11 is 0. The molecule has 0 radical (unpaired) electrons. The number of hydrogen-bond acceptors (Lipinski definition) is 1. The lowest BCUT2D eigenvalue weighted by Gasteiger charge is -2.08. The predicted octanol–water partition coefficient (Wildman–Crippen LogP) is 5.06. The van der Waals surface area contributed by atoms with Crippen molar-refractivity contribution >= 4 is 21.7 Å². The van der Waals surface area contributed by atoms with Crippen LogP contribution in [0.25, 0.3) is 32.8 Å². The van der Waals surface area contributed by atoms with Crippen molar-refractivity contribution in [2.24, 2.45) is 0 Å². The second-order valence-electron chi connectivity index (χ2n) is 4.91. The molecule has 0 saturated heterocycles. The molecule has 1 nitrogen and oxygen atoms in total. The Balaban J connectivity index is 2.12. The van der Waals surface area contributed by atoms with E-state index in [0.717, 1.165) is 5.52 Å². The zero-order valence-corrected chi connectivity index (χ0v) is 11.0. The molecule has 94 valence electrons. The third kappa shape index (κ3) is 1.68. The molecule has 0 fully saturated rings. The van der Waals surface area contributed by atoms with Crippen LogP contribution in [-0.4, -0.2) is 4.98 Å². The first-order chi connectivity index (χ1) is 9.93. The average molecular weight is 255 g/mol. The van der Waals surface area contributed by atoms with E-state index in [0.29, 0.717) is 0 Å². The molecule has 0 N–H and O–H groups in total. The number of rotatable bonds is 1. The molecule has 0 amide bonds. The van der Waals surface area contributed by atoms with Crippen LogP contribution in [-0.2, 0) is 0 Å². The summed E-state index contributed by atoms with van der Waals surface area (Å²) in [6, 6.07) is 25.4. The monoisotopic (exact) mass is 255 g/mol. The summed E-state index contributed by atoms with van der Waals surface area (Å²) in [5.74, 6) is 0. The minimum absolute atomic E-state index is 1.07. The van der Waals surface area contributed by atoms with Crippen molar-refractivity contribution in [1.29, 1.82) is 0 Å². The van der Waals surface area contributed by atoms with Gasteiger partial charge in [0, 0.05) is 17.0 Å². The lowest BCUT2D eigenvalue weighted by molar-refractivity contribution is 1.43. The van der Waals surface area contributed by atoms with Crippen molar-refractivity contribution in [1.82, 2.24) is 4.98 Å². The van der Waals surface area contributed by atoms with E-state index >= 15 is 0 Å². The summed E-state index contributed by atoms with van der Waals surface area (Å²) < 4.78 is 0. The van der Waals surface area contributed by atoms with Crippen LogP contribution >= 0.6 is 0 Å². The van der Waals surface area contributed by atoms with Gasteiger partial charge in [-0.15, -0.1) is 0 Å². The molecule has 0 unspecified atom stereocenters. The van der Waals surface area contributed by atoms with E-state index in [1.54, 1.807) is 0 Å². The molecule has 0 aliphatic heterocycles. The minimum Gasteiger partial charge on any atom is -0.256 e. The minimum atomic E-state index is 1.07. The lowest BCUT2D eigenvalue weighted by atomic mass is 9.97. The Bertz CT molecular complexity index is 895. The molecule has 0 aliphatic rings. The first kappa shape index (κ1) is 11.2. The van der Waals surface area contributed by atoms with Crippen LogP contribution in [0.15, 0.2) is 79.0 Å². The summed E-state index contributed by atoms with van der Waals surface area (Å²) in [6.07, 6.45) is 1.86. The van der Waals surface area contributed by atoms with Crippen LogP contribution in [0.1, 0.15) is 0 Å². The van der Waals surface area contributed by atoms with Gasteiger partial charge >= 0.3 is 0 Å². The van der Waals surface area contributed by atoms with Crippen molar-refractivity contribution in [2.45, 2.75) is 0 Å². The summed E-state index contributed by atoms with van der Waals surface area (Å²) in [7, 11) is 0. The topological polar surface area (TPSA) is 12.9 Å². The molecule has 3 aromatic carbocycles. The molecule has 0 aliphatic carbocycles. The quantitative estimate of drug-likeness (QED) is 0.433. The van der Waals surface area contributed by atoms with Crippen LogP contribution < -0.4 is 0 Å². The molecule has 4 aromatic rings. The number of hydrogen-bond donors (Lipinski definition) is 0. The fourth-order valence-electron chi connectivity index (χ4n) is 2.77. The fourth-order valence-corrected chi connectivity index (χ4v) is 2.77. The van der Waals surface area contributed by atoms with E-state index in [1.807, 2.05) is 18.3 Å². The maximum absolute atomic E-state index is 4.54. The van der Waals surface area contributed by atoms with Crippen LogP contribution in [0.4, 0.5) is 0 Å². The third-order valence-corrected chi connectivity index (χ3v) is 3.71. The van der Waals surface area contributed by atoms with Crippen LogP contribution in [0.2, 0.25) is 0 Å². The molecule has 0 bridgehead atoms. The predicted molar refractivity (Wildman–Crippen MR) is 84.7 cm³/mol. The van der Waals surface area contributed by atoms with Gasteiger partial charge in [-0.1, -0.05) is 66.7 Å². The normalized spacial score (nSPS) is 11.0. The number of aromatic nitrogens is 1. The maximum Gasteiger partial charge on any atom is 0.0780 e. The fraction of sp³-hybridized carbons (Fsp3) is 0. The Kier molecular flexibility index (Phi) is 2.49. The molecule has 4 rings (SSSR count). The van der Waals surface area contributed by atoms with Gasteiger partial charge in [-0.2, -0.15) is 0 Å². The van der Waals surface area contributed by atoms with Gasteiger partial charge in [0.15, 0.2) is 0 Å². The Morgan fingerprint density at radius 1 is 0.600 bits per heavy atom. The highest BCUT2D eigenvalue weighted by molar-refractivity contribution is 6.10. The molecule has 1 heteroatoms. The molecular formula is C19H13N. The van der Waals surface area contributed by atoms with E-state index in [-0.39, 0.29) is 0 Å². The van der Waals surface area contributed by atoms with Gasteiger partial charge in [0.2, 0.25) is 0 Å². The highest BCUT2D eigenvalue weighted by Crippen LogP contribution is 2.31. The first-order valence-corrected chi connectivity index (χ1v) is 6.75. The van der Waals surface area contributed by atoms with E-state index < -0.39 is 0 Å². The van der Waals surface area contributed by atoms with Gasteiger partial charge in [-0.05, 0) is 22.6 Å². The number of benzene rings is 3. The molecular weight excluding hydrogens is 242 g/mol. The molecule has 1 aromatic heterocycles. The third-order valence-electron chi connectivity index (χ3n) is 3.71. The highest BCUT2D eigenvalue weighted by atomic mass is 14.6. The van der Waals surface area contributed by atoms with Crippen molar-refractivity contribution < 1.29 is 0 Å². The van der Waals surface area contributed by atoms with Crippen molar-refractivity contribution in [3.8, 4) is 11.1 Å². The molecule has 0 saturated carbocycles. The number of nitrogens with zero attached hydrogens (tertiary/aromatic N) is 1. The Labute approximate surface area is 117 Å². The van der Waals surface area contributed by atoms with E-state index in [2.05, 4.69) is 65.6 Å². The van der Waals surface area contributed by atoms with Gasteiger partial charge in [0.25, 0.3) is 0 Å². The summed E-state index contributed by atoms with van der Waals surface area (Å²) in [4.78, 5) is 4.54. The Hall–Kier alpha value is -2.67. The van der Waals surface area contributed by atoms with Crippen molar-refractivity contribution in [3.63, 3.8) is 0 Å². The average Bonchev–Trinajstić information content (AvgIpc) is 2.55. The van der Waals surface area contributed by atoms with Gasteiger partial charge in [0.05, 0.1) is 5.52 Å². The van der Waals surface area contributed by atoms with Gasteiger partial charge in [-0.3, -0.25) is 4.98 Å². The van der Waals surface area contributed by atoms with Gasteiger partial charge in [0.1, 0.15) is 0 Å². The van der Waals surface area contributed by atoms with E-state index in [4.69, 9.17) is 0 Å². The van der Waals surface area contributed by atoms with Crippen molar-refractivity contribution in [3.05, 3.63) is 79.0 Å². The number of fused-ring (bicyclic) bond motifs is 3.